The van der Waals surface area contributed by atoms with Crippen LogP contribution < -0.4 is 0 Å². The van der Waals surface area contributed by atoms with Gasteiger partial charge in [-0.3, -0.25) is 4.79 Å². The van der Waals surface area contributed by atoms with Crippen LogP contribution in [0.25, 0.3) is 5.65 Å². The number of carbonyl (C=O) groups is 1. The molecule has 0 fully saturated rings. The Morgan fingerprint density at radius 2 is 2.16 bits per heavy atom. The lowest BCUT2D eigenvalue weighted by Gasteiger charge is -2.07. The summed E-state index contributed by atoms with van der Waals surface area (Å²) in [5.74, 6) is -0.491. The Bertz CT molecular complexity index is 637. The molecule has 0 bridgehead atoms. The number of nitrogens with zero attached hydrogens (tertiary/aromatic N) is 2. The largest absolute Gasteiger partial charge is 0.469 e. The van der Waals surface area contributed by atoms with E-state index in [1.807, 2.05) is 0 Å². The van der Waals surface area contributed by atoms with Crippen LogP contribution in [-0.2, 0) is 22.1 Å². The Kier molecular flexibility index (Phi) is 3.70. The molecule has 2 aromatic heterocycles. The van der Waals surface area contributed by atoms with Crippen LogP contribution in [0.2, 0.25) is 0 Å². The van der Waals surface area contributed by atoms with Crippen molar-refractivity contribution >= 4 is 34.2 Å². The topological polar surface area (TPSA) is 43.6 Å². The van der Waals surface area contributed by atoms with Gasteiger partial charge in [-0.1, -0.05) is 0 Å². The average Bonchev–Trinajstić information content (AvgIpc) is 2.70. The van der Waals surface area contributed by atoms with Gasteiger partial charge in [-0.05, 0) is 28.7 Å². The quantitative estimate of drug-likeness (QED) is 0.591. The first-order valence-electron chi connectivity index (χ1n) is 5.12. The van der Waals surface area contributed by atoms with Crippen LogP contribution in [0, 0.1) is 3.57 Å². The van der Waals surface area contributed by atoms with E-state index in [1.54, 1.807) is 22.6 Å². The number of hydrogen-bond acceptors (Lipinski definition) is 3. The van der Waals surface area contributed by atoms with Crippen LogP contribution in [0.15, 0.2) is 18.5 Å². The van der Waals surface area contributed by atoms with E-state index >= 15 is 0 Å². The molecule has 0 aliphatic carbocycles. The molecule has 4 nitrogen and oxygen atoms in total. The van der Waals surface area contributed by atoms with Crippen LogP contribution >= 0.6 is 22.6 Å². The second kappa shape index (κ2) is 4.99. The highest BCUT2D eigenvalue weighted by molar-refractivity contribution is 14.1. The fourth-order valence-corrected chi connectivity index (χ4v) is 2.30. The zero-order valence-electron chi connectivity index (χ0n) is 9.66. The first-order chi connectivity index (χ1) is 8.81. The number of aromatic nitrogens is 2. The van der Waals surface area contributed by atoms with Gasteiger partial charge in [0.15, 0.2) is 5.65 Å². The molecular weight excluding hydrogens is 376 g/mol. The predicted octanol–water partition coefficient (Wildman–Crippen LogP) is 2.67. The summed E-state index contributed by atoms with van der Waals surface area (Å²) in [6.07, 6.45) is -2.15. The van der Waals surface area contributed by atoms with E-state index in [0.29, 0.717) is 14.9 Å². The Hall–Kier alpha value is -1.32. The van der Waals surface area contributed by atoms with E-state index in [2.05, 4.69) is 9.72 Å². The summed E-state index contributed by atoms with van der Waals surface area (Å²) < 4.78 is 44.1. The van der Waals surface area contributed by atoms with E-state index in [-0.39, 0.29) is 6.42 Å². The number of hydrogen-bond donors (Lipinski definition) is 0. The molecule has 0 aliphatic heterocycles. The maximum atomic E-state index is 12.7. The Morgan fingerprint density at radius 3 is 2.74 bits per heavy atom. The van der Waals surface area contributed by atoms with Crippen molar-refractivity contribution < 1.29 is 22.7 Å². The Balaban J connectivity index is 2.48. The van der Waals surface area contributed by atoms with E-state index < -0.39 is 17.7 Å². The first-order valence-corrected chi connectivity index (χ1v) is 6.20. The number of ether oxygens (including phenoxy) is 1. The monoisotopic (exact) mass is 384 g/mol. The minimum atomic E-state index is -4.42. The standard InChI is InChI=1S/C11H8F3IN2O2/c1-19-9(18)3-7-5-17-4-6(11(12,13)14)2-8(15)10(17)16-7/h2,4-5H,3H2,1H3. The molecular formula is C11H8F3IN2O2. The number of pyridine rings is 1. The van der Waals surface area contributed by atoms with Crippen LogP contribution in [0.5, 0.6) is 0 Å². The maximum Gasteiger partial charge on any atom is 0.417 e. The second-order valence-electron chi connectivity index (χ2n) is 3.79. The molecule has 0 aromatic carbocycles. The molecule has 0 saturated heterocycles. The minimum Gasteiger partial charge on any atom is -0.469 e. The molecule has 0 saturated carbocycles. The van der Waals surface area contributed by atoms with Crippen molar-refractivity contribution in [3.63, 3.8) is 0 Å². The molecule has 0 atom stereocenters. The summed E-state index contributed by atoms with van der Waals surface area (Å²) in [5.41, 5.74) is -0.0111. The number of fused-ring (bicyclic) bond motifs is 1. The van der Waals surface area contributed by atoms with Gasteiger partial charge in [0.2, 0.25) is 0 Å². The summed E-state index contributed by atoms with van der Waals surface area (Å²) in [4.78, 5) is 15.2. The van der Waals surface area contributed by atoms with Gasteiger partial charge in [0.25, 0.3) is 0 Å². The summed E-state index contributed by atoms with van der Waals surface area (Å²) in [6, 6.07) is 1.02. The fraction of sp³-hybridized carbons (Fsp3) is 0.273. The molecule has 0 amide bonds. The molecule has 8 heteroatoms. The van der Waals surface area contributed by atoms with Gasteiger partial charge < -0.3 is 9.14 Å². The molecule has 0 radical (unpaired) electrons. The van der Waals surface area contributed by atoms with Crippen molar-refractivity contribution in [2.45, 2.75) is 12.6 Å². The van der Waals surface area contributed by atoms with Crippen molar-refractivity contribution in [1.29, 1.82) is 0 Å². The molecule has 102 valence electrons. The van der Waals surface area contributed by atoms with Gasteiger partial charge in [-0.2, -0.15) is 13.2 Å². The van der Waals surface area contributed by atoms with Gasteiger partial charge in [-0.15, -0.1) is 0 Å². The molecule has 0 N–H and O–H groups in total. The number of imidazole rings is 1. The van der Waals surface area contributed by atoms with Crippen molar-refractivity contribution in [2.75, 3.05) is 7.11 Å². The highest BCUT2D eigenvalue weighted by atomic mass is 127. The number of esters is 1. The first kappa shape index (κ1) is 14.1. The van der Waals surface area contributed by atoms with E-state index in [4.69, 9.17) is 0 Å². The zero-order chi connectivity index (χ0) is 14.2. The summed E-state index contributed by atoms with van der Waals surface area (Å²) >= 11 is 1.78. The highest BCUT2D eigenvalue weighted by Gasteiger charge is 2.31. The van der Waals surface area contributed by atoms with Crippen LogP contribution in [0.1, 0.15) is 11.3 Å². The molecule has 2 heterocycles. The minimum absolute atomic E-state index is 0.0738. The van der Waals surface area contributed by atoms with Gasteiger partial charge in [0, 0.05) is 12.4 Å². The number of alkyl halides is 3. The molecule has 2 aromatic rings. The lowest BCUT2D eigenvalue weighted by Crippen LogP contribution is -2.07. The average molecular weight is 384 g/mol. The molecule has 0 spiro atoms. The number of methoxy groups -OCH3 is 1. The lowest BCUT2D eigenvalue weighted by molar-refractivity contribution is -0.140. The van der Waals surface area contributed by atoms with E-state index in [1.165, 1.54) is 17.7 Å². The lowest BCUT2D eigenvalue weighted by atomic mass is 10.3. The van der Waals surface area contributed by atoms with E-state index in [0.717, 1.165) is 12.3 Å². The summed E-state index contributed by atoms with van der Waals surface area (Å²) in [6.45, 7) is 0. The Labute approximate surface area is 119 Å². The SMILES string of the molecule is COC(=O)Cc1cn2cc(C(F)(F)F)cc(I)c2n1. The predicted molar refractivity (Wildman–Crippen MR) is 68.6 cm³/mol. The third-order valence-corrected chi connectivity index (χ3v) is 3.23. The van der Waals surface area contributed by atoms with Crippen molar-refractivity contribution in [1.82, 2.24) is 9.38 Å². The number of halogens is 4. The smallest absolute Gasteiger partial charge is 0.417 e. The van der Waals surface area contributed by atoms with Crippen molar-refractivity contribution in [2.24, 2.45) is 0 Å². The molecule has 19 heavy (non-hydrogen) atoms. The molecule has 0 unspecified atom stereocenters. The van der Waals surface area contributed by atoms with Crippen LogP contribution in [0.4, 0.5) is 13.2 Å². The van der Waals surface area contributed by atoms with Gasteiger partial charge in [-0.25, -0.2) is 4.98 Å². The number of rotatable bonds is 2. The third-order valence-electron chi connectivity index (χ3n) is 2.44. The molecule has 0 aliphatic rings. The normalized spacial score (nSPS) is 11.8. The van der Waals surface area contributed by atoms with Crippen molar-refractivity contribution in [3.8, 4) is 0 Å². The second-order valence-corrected chi connectivity index (χ2v) is 4.95. The van der Waals surface area contributed by atoms with Gasteiger partial charge >= 0.3 is 12.1 Å². The zero-order valence-corrected chi connectivity index (χ0v) is 11.8. The van der Waals surface area contributed by atoms with Gasteiger partial charge in [0.1, 0.15) is 0 Å². The highest BCUT2D eigenvalue weighted by Crippen LogP contribution is 2.31. The van der Waals surface area contributed by atoms with Gasteiger partial charge in [0.05, 0.1) is 28.4 Å². The molecule has 2 rings (SSSR count). The fourth-order valence-electron chi connectivity index (χ4n) is 1.57. The third kappa shape index (κ3) is 2.99. The summed E-state index contributed by atoms with van der Waals surface area (Å²) in [5, 5.41) is 0. The van der Waals surface area contributed by atoms with Crippen LogP contribution in [0.3, 0.4) is 0 Å². The number of carbonyl (C=O) groups excluding carboxylic acids is 1. The summed E-state index contributed by atoms with van der Waals surface area (Å²) in [7, 11) is 1.24. The van der Waals surface area contributed by atoms with E-state index in [9.17, 15) is 18.0 Å². The Morgan fingerprint density at radius 1 is 1.47 bits per heavy atom. The van der Waals surface area contributed by atoms with Crippen molar-refractivity contribution in [3.05, 3.63) is 33.3 Å². The van der Waals surface area contributed by atoms with Crippen LogP contribution in [-0.4, -0.2) is 22.5 Å². The maximum absolute atomic E-state index is 12.7.